The number of allylic oxidation sites excluding steroid dienone is 2. The molecule has 0 spiro atoms. The van der Waals surface area contributed by atoms with E-state index in [2.05, 4.69) is 5.32 Å². The van der Waals surface area contributed by atoms with Crippen LogP contribution in [-0.2, 0) is 28.7 Å². The van der Waals surface area contributed by atoms with Gasteiger partial charge in [0.2, 0.25) is 11.8 Å². The number of carbonyl (C=O) groups is 4. The normalized spacial score (nSPS) is 25.8. The number of ether oxygens (including phenoxy) is 2. The monoisotopic (exact) mass is 452 g/mol. The van der Waals surface area contributed by atoms with Gasteiger partial charge in [-0.3, -0.25) is 19.2 Å². The third kappa shape index (κ3) is 8.26. The van der Waals surface area contributed by atoms with Gasteiger partial charge in [-0.15, -0.1) is 0 Å². The first-order valence-corrected chi connectivity index (χ1v) is 11.3. The summed E-state index contributed by atoms with van der Waals surface area (Å²) in [5, 5.41) is 11.5. The molecule has 0 aromatic rings. The highest BCUT2D eigenvalue weighted by molar-refractivity contribution is 5.86. The van der Waals surface area contributed by atoms with Gasteiger partial charge in [0.1, 0.15) is 12.2 Å². The molecule has 9 heteroatoms. The van der Waals surface area contributed by atoms with E-state index in [1.54, 1.807) is 37.8 Å². The van der Waals surface area contributed by atoms with Crippen molar-refractivity contribution in [1.29, 1.82) is 0 Å². The van der Waals surface area contributed by atoms with Gasteiger partial charge in [0.05, 0.1) is 30.9 Å². The fourth-order valence-electron chi connectivity index (χ4n) is 3.96. The molecule has 180 valence electrons. The van der Waals surface area contributed by atoms with Crippen LogP contribution >= 0.6 is 0 Å². The Morgan fingerprint density at radius 2 is 1.88 bits per heavy atom. The number of nitrogens with zero attached hydrogens (tertiary/aromatic N) is 1. The van der Waals surface area contributed by atoms with Crippen LogP contribution in [0.25, 0.3) is 0 Å². The molecule has 2 aliphatic heterocycles. The first kappa shape index (κ1) is 25.8. The number of esters is 2. The molecule has 0 aromatic carbocycles. The molecule has 2 rings (SSSR count). The van der Waals surface area contributed by atoms with E-state index in [0.717, 1.165) is 12.8 Å². The van der Waals surface area contributed by atoms with Crippen molar-refractivity contribution < 1.29 is 33.8 Å². The first-order chi connectivity index (χ1) is 15.1. The summed E-state index contributed by atoms with van der Waals surface area (Å²) in [6.45, 7) is 5.92. The SMILES string of the molecule is CC(C)(C)OC(=O)C[C@@H]1C/C=C\C[C@H](CC(=O)NCCO)C(=O)N2CCC[C@@H]2COC1=O. The summed E-state index contributed by atoms with van der Waals surface area (Å²) in [5.74, 6) is -2.56. The van der Waals surface area contributed by atoms with Gasteiger partial charge in [0, 0.05) is 19.5 Å². The van der Waals surface area contributed by atoms with Crippen LogP contribution in [0.2, 0.25) is 0 Å². The summed E-state index contributed by atoms with van der Waals surface area (Å²) >= 11 is 0. The number of rotatable bonds is 6. The molecule has 0 bridgehead atoms. The lowest BCUT2D eigenvalue weighted by molar-refractivity contribution is -0.162. The van der Waals surface area contributed by atoms with Gasteiger partial charge in [0.15, 0.2) is 0 Å². The second-order valence-electron chi connectivity index (χ2n) is 9.36. The third-order valence-electron chi connectivity index (χ3n) is 5.47. The van der Waals surface area contributed by atoms with Crippen LogP contribution in [0.15, 0.2) is 12.2 Å². The Labute approximate surface area is 189 Å². The second-order valence-corrected chi connectivity index (χ2v) is 9.36. The van der Waals surface area contributed by atoms with Crippen molar-refractivity contribution in [1.82, 2.24) is 10.2 Å². The van der Waals surface area contributed by atoms with Crippen molar-refractivity contribution in [3.63, 3.8) is 0 Å². The smallest absolute Gasteiger partial charge is 0.309 e. The average Bonchev–Trinajstić information content (AvgIpc) is 3.17. The largest absolute Gasteiger partial charge is 0.463 e. The van der Waals surface area contributed by atoms with Gasteiger partial charge in [0.25, 0.3) is 0 Å². The molecule has 0 radical (unpaired) electrons. The summed E-state index contributed by atoms with van der Waals surface area (Å²) in [5.41, 5.74) is -0.642. The zero-order valence-electron chi connectivity index (χ0n) is 19.3. The molecule has 1 fully saturated rings. The van der Waals surface area contributed by atoms with E-state index in [9.17, 15) is 19.2 Å². The van der Waals surface area contributed by atoms with E-state index in [1.165, 1.54) is 0 Å². The molecule has 0 aliphatic carbocycles. The van der Waals surface area contributed by atoms with Crippen LogP contribution in [0.3, 0.4) is 0 Å². The van der Waals surface area contributed by atoms with Crippen LogP contribution in [0.4, 0.5) is 0 Å². The number of hydrogen-bond donors (Lipinski definition) is 2. The van der Waals surface area contributed by atoms with E-state index >= 15 is 0 Å². The Balaban J connectivity index is 2.14. The highest BCUT2D eigenvalue weighted by atomic mass is 16.6. The Kier molecular flexibility index (Phi) is 9.68. The number of carbonyl (C=O) groups excluding carboxylic acids is 4. The van der Waals surface area contributed by atoms with Gasteiger partial charge in [-0.05, 0) is 46.5 Å². The van der Waals surface area contributed by atoms with Gasteiger partial charge >= 0.3 is 11.9 Å². The zero-order valence-corrected chi connectivity index (χ0v) is 19.3. The summed E-state index contributed by atoms with van der Waals surface area (Å²) in [6, 6.07) is -0.236. The Hall–Kier alpha value is -2.42. The van der Waals surface area contributed by atoms with Gasteiger partial charge in [-0.2, -0.15) is 0 Å². The van der Waals surface area contributed by atoms with Crippen LogP contribution in [0, 0.1) is 11.8 Å². The van der Waals surface area contributed by atoms with Crippen LogP contribution in [0.5, 0.6) is 0 Å². The number of aliphatic hydroxyl groups excluding tert-OH is 1. The number of cyclic esters (lactones) is 1. The number of fused-ring (bicyclic) bond motifs is 1. The minimum absolute atomic E-state index is 0.0213. The summed E-state index contributed by atoms with van der Waals surface area (Å²) < 4.78 is 10.9. The van der Waals surface area contributed by atoms with Crippen molar-refractivity contribution in [2.45, 2.75) is 70.9 Å². The molecule has 0 unspecified atom stereocenters. The lowest BCUT2D eigenvalue weighted by atomic mass is 9.96. The predicted octanol–water partition coefficient (Wildman–Crippen LogP) is 1.33. The maximum Gasteiger partial charge on any atom is 0.309 e. The molecular weight excluding hydrogens is 416 g/mol. The number of hydrogen-bond acceptors (Lipinski definition) is 7. The topological polar surface area (TPSA) is 122 Å². The summed E-state index contributed by atoms with van der Waals surface area (Å²) in [4.78, 5) is 52.0. The molecule has 1 saturated heterocycles. The fourth-order valence-corrected chi connectivity index (χ4v) is 3.96. The molecule has 2 heterocycles. The highest BCUT2D eigenvalue weighted by Gasteiger charge is 2.35. The Morgan fingerprint density at radius 3 is 2.53 bits per heavy atom. The molecule has 0 saturated carbocycles. The highest BCUT2D eigenvalue weighted by Crippen LogP contribution is 2.25. The quantitative estimate of drug-likeness (QED) is 0.460. The number of nitrogens with one attached hydrogen (secondary N) is 1. The molecule has 2 N–H and O–H groups in total. The van der Waals surface area contributed by atoms with Crippen molar-refractivity contribution in [2.24, 2.45) is 11.8 Å². The molecule has 3 atom stereocenters. The van der Waals surface area contributed by atoms with E-state index < -0.39 is 29.4 Å². The molecule has 0 aromatic heterocycles. The first-order valence-electron chi connectivity index (χ1n) is 11.3. The van der Waals surface area contributed by atoms with Gasteiger partial charge in [-0.1, -0.05) is 12.2 Å². The van der Waals surface area contributed by atoms with Crippen LogP contribution in [-0.4, -0.2) is 71.7 Å². The van der Waals surface area contributed by atoms with Gasteiger partial charge in [-0.25, -0.2) is 0 Å². The molecule has 2 amide bonds. The lowest BCUT2D eigenvalue weighted by Gasteiger charge is -2.29. The lowest BCUT2D eigenvalue weighted by Crippen LogP contribution is -2.44. The van der Waals surface area contributed by atoms with Crippen molar-refractivity contribution in [3.8, 4) is 0 Å². The van der Waals surface area contributed by atoms with Gasteiger partial charge < -0.3 is 24.8 Å². The molecular formula is C23H36N2O7. The fraction of sp³-hybridized carbons (Fsp3) is 0.739. The van der Waals surface area contributed by atoms with E-state index in [0.29, 0.717) is 13.0 Å². The van der Waals surface area contributed by atoms with Crippen LogP contribution in [0.1, 0.15) is 59.3 Å². The average molecular weight is 453 g/mol. The van der Waals surface area contributed by atoms with E-state index in [1.807, 2.05) is 0 Å². The summed E-state index contributed by atoms with van der Waals surface area (Å²) in [6.07, 6.45) is 5.62. The predicted molar refractivity (Wildman–Crippen MR) is 116 cm³/mol. The van der Waals surface area contributed by atoms with E-state index in [4.69, 9.17) is 14.6 Å². The molecule has 32 heavy (non-hydrogen) atoms. The maximum atomic E-state index is 13.1. The minimum Gasteiger partial charge on any atom is -0.463 e. The van der Waals surface area contributed by atoms with E-state index in [-0.39, 0.29) is 56.9 Å². The van der Waals surface area contributed by atoms with Crippen LogP contribution < -0.4 is 5.32 Å². The maximum absolute atomic E-state index is 13.1. The van der Waals surface area contributed by atoms with Crippen molar-refractivity contribution in [3.05, 3.63) is 12.2 Å². The molecule has 9 nitrogen and oxygen atoms in total. The summed E-state index contributed by atoms with van der Waals surface area (Å²) in [7, 11) is 0. The Bertz CT molecular complexity index is 714. The molecule has 2 aliphatic rings. The minimum atomic E-state index is -0.669. The standard InChI is InChI=1S/C23H36N2O7/c1-23(2,3)32-20(28)14-17-8-5-4-7-16(13-19(27)24-10-12-26)21(29)25-11-6-9-18(25)15-31-22(17)30/h4-5,16-18,26H,6-15H2,1-3H3,(H,24,27)/b5-4-/t16-,17+,18-/m1/s1. The Morgan fingerprint density at radius 1 is 1.19 bits per heavy atom. The zero-order chi connectivity index (χ0) is 23.7. The number of aliphatic hydroxyl groups is 1. The second kappa shape index (κ2) is 12.0. The third-order valence-corrected chi connectivity index (χ3v) is 5.47. The van der Waals surface area contributed by atoms with Crippen molar-refractivity contribution in [2.75, 3.05) is 26.3 Å². The van der Waals surface area contributed by atoms with Crippen molar-refractivity contribution >= 4 is 23.8 Å². The number of amides is 2.